The van der Waals surface area contributed by atoms with Crippen LogP contribution in [0.5, 0.6) is 17.2 Å². The summed E-state index contributed by atoms with van der Waals surface area (Å²) in [5, 5.41) is 0.494. The van der Waals surface area contributed by atoms with Gasteiger partial charge in [-0.3, -0.25) is 9.71 Å². The van der Waals surface area contributed by atoms with Crippen LogP contribution in [0.1, 0.15) is 6.92 Å². The molecule has 140 valence electrons. The molecule has 0 fully saturated rings. The smallest absolute Gasteiger partial charge is 0.262 e. The van der Waals surface area contributed by atoms with Gasteiger partial charge in [0.1, 0.15) is 24.5 Å². The Bertz CT molecular complexity index is 1100. The van der Waals surface area contributed by atoms with E-state index in [1.165, 1.54) is 6.07 Å². The quantitative estimate of drug-likeness (QED) is 0.725. The molecular formula is C19H18N2O5S. The molecule has 27 heavy (non-hydrogen) atoms. The first kappa shape index (κ1) is 17.4. The summed E-state index contributed by atoms with van der Waals surface area (Å²) >= 11 is 0. The number of hydrogen-bond acceptors (Lipinski definition) is 6. The fourth-order valence-electron chi connectivity index (χ4n) is 2.94. The first-order valence-corrected chi connectivity index (χ1v) is 10.00. The van der Waals surface area contributed by atoms with Crippen LogP contribution in [0.2, 0.25) is 0 Å². The number of anilines is 1. The van der Waals surface area contributed by atoms with Gasteiger partial charge in [0.15, 0.2) is 11.5 Å². The lowest BCUT2D eigenvalue weighted by molar-refractivity contribution is 0.171. The summed E-state index contributed by atoms with van der Waals surface area (Å²) in [5.74, 6) is 1.66. The van der Waals surface area contributed by atoms with Crippen molar-refractivity contribution in [3.8, 4) is 17.2 Å². The highest BCUT2D eigenvalue weighted by molar-refractivity contribution is 7.93. The van der Waals surface area contributed by atoms with Crippen molar-refractivity contribution in [3.05, 3.63) is 48.7 Å². The number of benzene rings is 2. The Hall–Kier alpha value is -3.00. The maximum absolute atomic E-state index is 13.0. The van der Waals surface area contributed by atoms with Gasteiger partial charge in [-0.2, -0.15) is 0 Å². The van der Waals surface area contributed by atoms with Crippen molar-refractivity contribution in [1.29, 1.82) is 0 Å². The molecule has 2 heterocycles. The summed E-state index contributed by atoms with van der Waals surface area (Å²) in [5.41, 5.74) is 0.898. The predicted octanol–water partition coefficient (Wildman–Crippen LogP) is 3.21. The van der Waals surface area contributed by atoms with E-state index in [1.807, 2.05) is 6.92 Å². The molecule has 0 radical (unpaired) electrons. The third-order valence-electron chi connectivity index (χ3n) is 4.08. The molecule has 0 saturated heterocycles. The third-order valence-corrected chi connectivity index (χ3v) is 5.52. The minimum atomic E-state index is -3.84. The molecule has 0 atom stereocenters. The second-order valence-electron chi connectivity index (χ2n) is 5.86. The van der Waals surface area contributed by atoms with Crippen molar-refractivity contribution >= 4 is 26.6 Å². The van der Waals surface area contributed by atoms with E-state index >= 15 is 0 Å². The van der Waals surface area contributed by atoms with Crippen LogP contribution in [0.15, 0.2) is 53.6 Å². The molecule has 8 heteroatoms. The summed E-state index contributed by atoms with van der Waals surface area (Å²) < 4.78 is 45.1. The second-order valence-corrected chi connectivity index (χ2v) is 7.51. The Kier molecular flexibility index (Phi) is 4.49. The van der Waals surface area contributed by atoms with E-state index in [-0.39, 0.29) is 4.90 Å². The van der Waals surface area contributed by atoms with Gasteiger partial charge >= 0.3 is 0 Å². The zero-order valence-corrected chi connectivity index (χ0v) is 15.5. The largest absolute Gasteiger partial charge is 0.492 e. The molecule has 4 rings (SSSR count). The number of ether oxygens (including phenoxy) is 3. The molecule has 0 spiro atoms. The number of nitrogens with one attached hydrogen (secondary N) is 1. The molecule has 1 aliphatic heterocycles. The number of aromatic nitrogens is 1. The van der Waals surface area contributed by atoms with Crippen molar-refractivity contribution in [3.63, 3.8) is 0 Å². The number of pyridine rings is 1. The zero-order valence-electron chi connectivity index (χ0n) is 14.6. The van der Waals surface area contributed by atoms with Gasteiger partial charge in [-0.05, 0) is 43.3 Å². The Morgan fingerprint density at radius 3 is 2.74 bits per heavy atom. The molecule has 0 unspecified atom stereocenters. The van der Waals surface area contributed by atoms with E-state index in [4.69, 9.17) is 14.2 Å². The van der Waals surface area contributed by atoms with E-state index in [0.29, 0.717) is 53.7 Å². The van der Waals surface area contributed by atoms with E-state index in [1.54, 1.807) is 42.6 Å². The van der Waals surface area contributed by atoms with Gasteiger partial charge in [-0.1, -0.05) is 0 Å². The third kappa shape index (κ3) is 3.35. The summed E-state index contributed by atoms with van der Waals surface area (Å²) in [6.45, 7) is 3.23. The highest BCUT2D eigenvalue weighted by Gasteiger charge is 2.21. The van der Waals surface area contributed by atoms with Crippen LogP contribution in [0, 0.1) is 0 Å². The standard InChI is InChI=1S/C19H18N2O5S/c1-2-24-16-7-8-18(14-4-3-9-20-19(14)16)27(22,23)21-13-5-6-15-17(12-13)26-11-10-25-15/h3-9,12,21H,2,10-11H2,1H3. The van der Waals surface area contributed by atoms with Crippen molar-refractivity contribution in [2.75, 3.05) is 24.5 Å². The maximum atomic E-state index is 13.0. The van der Waals surface area contributed by atoms with Gasteiger partial charge in [0.25, 0.3) is 10.0 Å². The molecule has 0 saturated carbocycles. The molecule has 7 nitrogen and oxygen atoms in total. The number of nitrogens with zero attached hydrogens (tertiary/aromatic N) is 1. The summed E-state index contributed by atoms with van der Waals surface area (Å²) in [6, 6.07) is 11.5. The Labute approximate surface area is 156 Å². The fourth-order valence-corrected chi connectivity index (χ4v) is 4.19. The molecule has 0 amide bonds. The maximum Gasteiger partial charge on any atom is 0.262 e. The Morgan fingerprint density at radius 2 is 1.93 bits per heavy atom. The van der Waals surface area contributed by atoms with Gasteiger partial charge < -0.3 is 14.2 Å². The molecule has 2 aromatic carbocycles. The fraction of sp³-hybridized carbons (Fsp3) is 0.211. The molecular weight excluding hydrogens is 368 g/mol. The first-order valence-electron chi connectivity index (χ1n) is 8.51. The zero-order chi connectivity index (χ0) is 18.9. The minimum Gasteiger partial charge on any atom is -0.492 e. The molecule has 0 bridgehead atoms. The van der Waals surface area contributed by atoms with Gasteiger partial charge in [-0.15, -0.1) is 0 Å². The molecule has 1 N–H and O–H groups in total. The summed E-state index contributed by atoms with van der Waals surface area (Å²) in [7, 11) is -3.84. The van der Waals surface area contributed by atoms with Crippen molar-refractivity contribution < 1.29 is 22.6 Å². The van der Waals surface area contributed by atoms with E-state index in [9.17, 15) is 8.42 Å². The van der Waals surface area contributed by atoms with Gasteiger partial charge in [0.2, 0.25) is 0 Å². The van der Waals surface area contributed by atoms with Crippen molar-refractivity contribution in [2.24, 2.45) is 0 Å². The monoisotopic (exact) mass is 386 g/mol. The molecule has 0 aliphatic carbocycles. The van der Waals surface area contributed by atoms with Crippen molar-refractivity contribution in [1.82, 2.24) is 4.98 Å². The van der Waals surface area contributed by atoms with Crippen LogP contribution in [-0.2, 0) is 10.0 Å². The number of rotatable bonds is 5. The topological polar surface area (TPSA) is 86.8 Å². The summed E-state index contributed by atoms with van der Waals surface area (Å²) in [6.07, 6.45) is 1.61. The van der Waals surface area contributed by atoms with Crippen LogP contribution in [0.3, 0.4) is 0 Å². The lowest BCUT2D eigenvalue weighted by Gasteiger charge is -2.19. The molecule has 1 aromatic heterocycles. The lowest BCUT2D eigenvalue weighted by Crippen LogP contribution is -2.17. The number of fused-ring (bicyclic) bond motifs is 2. The van der Waals surface area contributed by atoms with E-state index in [0.717, 1.165) is 0 Å². The molecule has 1 aliphatic rings. The van der Waals surface area contributed by atoms with Crippen LogP contribution in [0.25, 0.3) is 10.9 Å². The van der Waals surface area contributed by atoms with Gasteiger partial charge in [0.05, 0.1) is 17.2 Å². The van der Waals surface area contributed by atoms with E-state index in [2.05, 4.69) is 9.71 Å². The van der Waals surface area contributed by atoms with E-state index < -0.39 is 10.0 Å². The minimum absolute atomic E-state index is 0.129. The highest BCUT2D eigenvalue weighted by atomic mass is 32.2. The SMILES string of the molecule is CCOc1ccc(S(=O)(=O)Nc2ccc3c(c2)OCCO3)c2cccnc12. The second kappa shape index (κ2) is 6.96. The average molecular weight is 386 g/mol. The van der Waals surface area contributed by atoms with Crippen LogP contribution >= 0.6 is 0 Å². The first-order chi connectivity index (χ1) is 13.1. The number of hydrogen-bond donors (Lipinski definition) is 1. The van der Waals surface area contributed by atoms with Crippen molar-refractivity contribution in [2.45, 2.75) is 11.8 Å². The Balaban J connectivity index is 1.73. The van der Waals surface area contributed by atoms with Gasteiger partial charge in [-0.25, -0.2) is 8.42 Å². The lowest BCUT2D eigenvalue weighted by atomic mass is 10.2. The highest BCUT2D eigenvalue weighted by Crippen LogP contribution is 2.34. The van der Waals surface area contributed by atoms with Crippen LogP contribution < -0.4 is 18.9 Å². The van der Waals surface area contributed by atoms with Crippen LogP contribution in [-0.4, -0.2) is 33.2 Å². The number of sulfonamides is 1. The normalized spacial score (nSPS) is 13.4. The van der Waals surface area contributed by atoms with Gasteiger partial charge in [0, 0.05) is 17.6 Å². The average Bonchev–Trinajstić information content (AvgIpc) is 2.68. The van der Waals surface area contributed by atoms with Crippen LogP contribution in [0.4, 0.5) is 5.69 Å². The molecule has 3 aromatic rings. The Morgan fingerprint density at radius 1 is 1.11 bits per heavy atom. The summed E-state index contributed by atoms with van der Waals surface area (Å²) in [4.78, 5) is 4.41. The predicted molar refractivity (Wildman–Crippen MR) is 101 cm³/mol.